The minimum absolute atomic E-state index is 0.222. The molecule has 0 aliphatic carbocycles. The SMILES string of the molecule is CC1CCCC(C)N1NC(=O)c1nn(-c2ccc(Cl)cc2Cl)c2c1COC/C2=C\C1=CCCS1. The van der Waals surface area contributed by atoms with Gasteiger partial charge in [-0.05, 0) is 57.4 Å². The Morgan fingerprint density at radius 3 is 2.74 bits per heavy atom. The molecule has 2 unspecified atom stereocenters. The summed E-state index contributed by atoms with van der Waals surface area (Å²) in [7, 11) is 0. The smallest absolute Gasteiger partial charge is 0.286 e. The van der Waals surface area contributed by atoms with E-state index in [1.54, 1.807) is 16.8 Å². The Morgan fingerprint density at radius 1 is 1.24 bits per heavy atom. The molecule has 0 spiro atoms. The quantitative estimate of drug-likeness (QED) is 0.535. The molecule has 180 valence electrons. The Balaban J connectivity index is 1.59. The first kappa shape index (κ1) is 23.9. The van der Waals surface area contributed by atoms with Crippen LogP contribution in [0.1, 0.15) is 61.3 Å². The van der Waals surface area contributed by atoms with Gasteiger partial charge in [-0.1, -0.05) is 35.7 Å². The van der Waals surface area contributed by atoms with Crippen LogP contribution in [0.3, 0.4) is 0 Å². The third-order valence-corrected chi connectivity index (χ3v) is 8.21. The van der Waals surface area contributed by atoms with Crippen LogP contribution in [0.15, 0.2) is 35.3 Å². The van der Waals surface area contributed by atoms with E-state index in [-0.39, 0.29) is 18.0 Å². The molecule has 5 rings (SSSR count). The molecule has 1 N–H and O–H groups in total. The molecule has 1 fully saturated rings. The number of piperidine rings is 1. The van der Waals surface area contributed by atoms with Gasteiger partial charge in [0.25, 0.3) is 5.91 Å². The maximum atomic E-state index is 13.5. The number of rotatable bonds is 4. The van der Waals surface area contributed by atoms with E-state index in [1.807, 2.05) is 17.8 Å². The number of allylic oxidation sites excluding steroid dienone is 2. The monoisotopic (exact) mass is 518 g/mol. The third-order valence-electron chi connectivity index (χ3n) is 6.62. The van der Waals surface area contributed by atoms with Gasteiger partial charge in [-0.2, -0.15) is 5.10 Å². The van der Waals surface area contributed by atoms with Crippen molar-refractivity contribution in [2.24, 2.45) is 0 Å². The summed E-state index contributed by atoms with van der Waals surface area (Å²) in [5.74, 6) is 0.856. The van der Waals surface area contributed by atoms with Crippen LogP contribution in [0.25, 0.3) is 11.3 Å². The van der Waals surface area contributed by atoms with Gasteiger partial charge in [-0.25, -0.2) is 9.69 Å². The first-order valence-corrected chi connectivity index (χ1v) is 13.4. The van der Waals surface area contributed by atoms with Gasteiger partial charge in [0.15, 0.2) is 5.69 Å². The highest BCUT2D eigenvalue weighted by atomic mass is 35.5. The molecule has 0 radical (unpaired) electrons. The van der Waals surface area contributed by atoms with E-state index in [9.17, 15) is 4.79 Å². The van der Waals surface area contributed by atoms with Crippen molar-refractivity contribution in [2.45, 2.75) is 58.2 Å². The van der Waals surface area contributed by atoms with Crippen molar-refractivity contribution in [1.29, 1.82) is 0 Å². The van der Waals surface area contributed by atoms with Crippen LogP contribution in [-0.4, -0.2) is 45.1 Å². The molecule has 1 aromatic carbocycles. The largest absolute Gasteiger partial charge is 0.372 e. The normalized spacial score (nSPS) is 24.2. The zero-order valence-electron chi connectivity index (χ0n) is 19.3. The number of carbonyl (C=O) groups is 1. The van der Waals surface area contributed by atoms with Crippen molar-refractivity contribution < 1.29 is 9.53 Å². The molecule has 1 aromatic heterocycles. The second-order valence-electron chi connectivity index (χ2n) is 9.07. The fraction of sp³-hybridized carbons (Fsp3) is 0.440. The Bertz CT molecular complexity index is 1170. The van der Waals surface area contributed by atoms with E-state index < -0.39 is 0 Å². The summed E-state index contributed by atoms with van der Waals surface area (Å²) in [5, 5.41) is 7.88. The van der Waals surface area contributed by atoms with E-state index >= 15 is 0 Å². The molecule has 0 saturated carbocycles. The maximum Gasteiger partial charge on any atom is 0.286 e. The molecule has 0 bridgehead atoms. The summed E-state index contributed by atoms with van der Waals surface area (Å²) < 4.78 is 7.71. The number of aromatic nitrogens is 2. The van der Waals surface area contributed by atoms with Crippen LogP contribution in [0.5, 0.6) is 0 Å². The number of amides is 1. The van der Waals surface area contributed by atoms with Gasteiger partial charge in [-0.15, -0.1) is 11.8 Å². The molecule has 6 nitrogen and oxygen atoms in total. The number of hydrogen-bond donors (Lipinski definition) is 1. The van der Waals surface area contributed by atoms with Crippen LogP contribution < -0.4 is 5.43 Å². The fourth-order valence-electron chi connectivity index (χ4n) is 4.89. The number of halogens is 2. The van der Waals surface area contributed by atoms with Crippen LogP contribution in [-0.2, 0) is 11.3 Å². The van der Waals surface area contributed by atoms with Crippen molar-refractivity contribution in [2.75, 3.05) is 12.4 Å². The van der Waals surface area contributed by atoms with E-state index in [0.717, 1.165) is 41.8 Å². The molecular formula is C25H28Cl2N4O2S. The fourth-order valence-corrected chi connectivity index (χ4v) is 6.31. The Morgan fingerprint density at radius 2 is 2.03 bits per heavy atom. The predicted octanol–water partition coefficient (Wildman–Crippen LogP) is 6.02. The van der Waals surface area contributed by atoms with Crippen molar-refractivity contribution in [3.63, 3.8) is 0 Å². The van der Waals surface area contributed by atoms with E-state index in [0.29, 0.717) is 34.6 Å². The average molecular weight is 519 g/mol. The third kappa shape index (κ3) is 4.69. The van der Waals surface area contributed by atoms with Crippen LogP contribution >= 0.6 is 35.0 Å². The number of ether oxygens (including phenoxy) is 1. The first-order valence-electron chi connectivity index (χ1n) is 11.7. The Labute approximate surface area is 214 Å². The highest BCUT2D eigenvalue weighted by Crippen LogP contribution is 2.36. The van der Waals surface area contributed by atoms with Crippen molar-refractivity contribution in [1.82, 2.24) is 20.2 Å². The Hall–Kier alpha value is -1.77. The lowest BCUT2D eigenvalue weighted by Crippen LogP contribution is -2.54. The molecule has 3 aliphatic heterocycles. The maximum absolute atomic E-state index is 13.5. The number of hydrogen-bond acceptors (Lipinski definition) is 5. The van der Waals surface area contributed by atoms with Gasteiger partial charge in [0.1, 0.15) is 0 Å². The zero-order valence-corrected chi connectivity index (χ0v) is 21.6. The minimum Gasteiger partial charge on any atom is -0.372 e. The van der Waals surface area contributed by atoms with Gasteiger partial charge >= 0.3 is 0 Å². The van der Waals surface area contributed by atoms with Crippen molar-refractivity contribution in [3.8, 4) is 5.69 Å². The summed E-state index contributed by atoms with van der Waals surface area (Å²) in [5.41, 5.74) is 6.82. The van der Waals surface area contributed by atoms with E-state index in [2.05, 4.69) is 36.4 Å². The molecule has 2 aromatic rings. The summed E-state index contributed by atoms with van der Waals surface area (Å²) in [6, 6.07) is 5.86. The second-order valence-corrected chi connectivity index (χ2v) is 11.1. The summed E-state index contributed by atoms with van der Waals surface area (Å²) >= 11 is 14.6. The van der Waals surface area contributed by atoms with Gasteiger partial charge < -0.3 is 4.74 Å². The zero-order chi connectivity index (χ0) is 23.8. The molecule has 3 aliphatic rings. The standard InChI is InChI=1S/C25H28Cl2N4O2S/c1-15-5-3-6-16(2)30(15)29-25(32)23-20-14-33-13-17(11-19-7-4-10-34-19)24(20)31(28-23)22-9-8-18(26)12-21(22)27/h7-9,11-12,15-16H,3-6,10,13-14H2,1-2H3,(H,29,32)/b17-11+. The molecule has 1 amide bonds. The van der Waals surface area contributed by atoms with Gasteiger partial charge in [0.05, 0.1) is 29.6 Å². The molecule has 2 atom stereocenters. The van der Waals surface area contributed by atoms with E-state index in [4.69, 9.17) is 33.0 Å². The number of nitrogens with one attached hydrogen (secondary N) is 1. The lowest BCUT2D eigenvalue weighted by molar-refractivity contribution is 0.0363. The summed E-state index contributed by atoms with van der Waals surface area (Å²) in [6.07, 6.45) is 8.72. The highest BCUT2D eigenvalue weighted by molar-refractivity contribution is 8.03. The number of fused-ring (bicyclic) bond motifs is 1. The first-order chi connectivity index (χ1) is 16.4. The molecule has 34 heavy (non-hydrogen) atoms. The highest BCUT2D eigenvalue weighted by Gasteiger charge is 2.33. The van der Waals surface area contributed by atoms with Crippen LogP contribution in [0, 0.1) is 0 Å². The summed E-state index contributed by atoms with van der Waals surface area (Å²) in [4.78, 5) is 14.7. The van der Waals surface area contributed by atoms with Gasteiger partial charge in [-0.3, -0.25) is 10.2 Å². The minimum atomic E-state index is -0.222. The van der Waals surface area contributed by atoms with Gasteiger partial charge in [0, 0.05) is 38.9 Å². The van der Waals surface area contributed by atoms with Crippen LogP contribution in [0.4, 0.5) is 0 Å². The molecule has 4 heterocycles. The lowest BCUT2D eigenvalue weighted by atomic mass is 9.99. The number of hydrazine groups is 1. The molecule has 1 saturated heterocycles. The van der Waals surface area contributed by atoms with Crippen molar-refractivity contribution >= 4 is 46.4 Å². The Kier molecular flexibility index (Phi) is 7.09. The molecule has 9 heteroatoms. The number of carbonyl (C=O) groups excluding carboxylic acids is 1. The predicted molar refractivity (Wildman–Crippen MR) is 138 cm³/mol. The lowest BCUT2D eigenvalue weighted by Gasteiger charge is -2.38. The number of benzene rings is 1. The molecular weight excluding hydrogens is 491 g/mol. The van der Waals surface area contributed by atoms with Crippen LogP contribution in [0.2, 0.25) is 10.0 Å². The average Bonchev–Trinajstić information content (AvgIpc) is 3.45. The van der Waals surface area contributed by atoms with Crippen molar-refractivity contribution in [3.05, 3.63) is 62.3 Å². The second kappa shape index (κ2) is 10.1. The number of nitrogens with zero attached hydrogens (tertiary/aromatic N) is 3. The van der Waals surface area contributed by atoms with E-state index in [1.165, 1.54) is 11.3 Å². The summed E-state index contributed by atoms with van der Waals surface area (Å²) in [6.45, 7) is 5.06. The van der Waals surface area contributed by atoms with Gasteiger partial charge in [0.2, 0.25) is 0 Å². The number of thioether (sulfide) groups is 1. The topological polar surface area (TPSA) is 59.4 Å².